The second kappa shape index (κ2) is 5.32. The molecule has 1 atom stereocenters. The Labute approximate surface area is 124 Å². The van der Waals surface area contributed by atoms with Crippen LogP contribution in [0, 0.1) is 12.7 Å². The Hall–Kier alpha value is -2.16. The van der Waals surface area contributed by atoms with Gasteiger partial charge in [0.05, 0.1) is 0 Å². The molecule has 3 rings (SSSR count). The number of fused-ring (bicyclic) bond motifs is 1. The van der Waals surface area contributed by atoms with Crippen molar-refractivity contribution < 1.29 is 9.18 Å². The Morgan fingerprint density at radius 2 is 1.90 bits per heavy atom. The molecular formula is C18H18FNO. The molecule has 1 aliphatic heterocycles. The van der Waals surface area contributed by atoms with Gasteiger partial charge in [-0.1, -0.05) is 17.7 Å². The molecule has 1 aliphatic rings. The summed E-state index contributed by atoms with van der Waals surface area (Å²) >= 11 is 0. The molecule has 0 radical (unpaired) electrons. The highest BCUT2D eigenvalue weighted by atomic mass is 19.1. The second-order valence-electron chi connectivity index (χ2n) is 5.70. The lowest BCUT2D eigenvalue weighted by Crippen LogP contribution is -2.42. The number of rotatable bonds is 1. The van der Waals surface area contributed by atoms with Gasteiger partial charge in [0.2, 0.25) is 0 Å². The zero-order valence-electron chi connectivity index (χ0n) is 12.3. The molecule has 108 valence electrons. The van der Waals surface area contributed by atoms with Gasteiger partial charge in [-0.15, -0.1) is 0 Å². The van der Waals surface area contributed by atoms with Crippen molar-refractivity contribution in [2.75, 3.05) is 4.90 Å². The van der Waals surface area contributed by atoms with Crippen molar-refractivity contribution in [1.29, 1.82) is 0 Å². The predicted octanol–water partition coefficient (Wildman–Crippen LogP) is 4.12. The number of amides is 1. The molecule has 2 aromatic carbocycles. The maximum absolute atomic E-state index is 13.4. The van der Waals surface area contributed by atoms with Gasteiger partial charge in [0.1, 0.15) is 5.82 Å². The maximum Gasteiger partial charge on any atom is 0.258 e. The summed E-state index contributed by atoms with van der Waals surface area (Å²) in [6, 6.07) is 12.4. The minimum absolute atomic E-state index is 0.0185. The molecule has 0 unspecified atom stereocenters. The van der Waals surface area contributed by atoms with Gasteiger partial charge in [-0.05, 0) is 62.6 Å². The zero-order chi connectivity index (χ0) is 15.0. The highest BCUT2D eigenvalue weighted by molar-refractivity contribution is 6.07. The molecule has 0 saturated carbocycles. The fourth-order valence-electron chi connectivity index (χ4n) is 2.87. The van der Waals surface area contributed by atoms with Crippen LogP contribution >= 0.6 is 0 Å². The molecule has 21 heavy (non-hydrogen) atoms. The average molecular weight is 283 g/mol. The third-order valence-electron chi connectivity index (χ3n) is 4.09. The average Bonchev–Trinajstić information content (AvgIpc) is 2.47. The maximum atomic E-state index is 13.4. The molecule has 0 aliphatic carbocycles. The number of nitrogens with zero attached hydrogens (tertiary/aromatic N) is 1. The molecule has 0 spiro atoms. The van der Waals surface area contributed by atoms with E-state index in [1.165, 1.54) is 12.1 Å². The van der Waals surface area contributed by atoms with Gasteiger partial charge in [-0.2, -0.15) is 0 Å². The largest absolute Gasteiger partial charge is 0.305 e. The molecule has 2 aromatic rings. The molecule has 0 saturated heterocycles. The van der Waals surface area contributed by atoms with Gasteiger partial charge in [0, 0.05) is 17.3 Å². The van der Waals surface area contributed by atoms with Crippen molar-refractivity contribution in [3.05, 3.63) is 65.0 Å². The Morgan fingerprint density at radius 3 is 2.62 bits per heavy atom. The molecule has 1 amide bonds. The van der Waals surface area contributed by atoms with E-state index in [1.54, 1.807) is 11.0 Å². The van der Waals surface area contributed by atoms with E-state index < -0.39 is 0 Å². The first-order valence-corrected chi connectivity index (χ1v) is 7.25. The highest BCUT2D eigenvalue weighted by Gasteiger charge is 2.29. The van der Waals surface area contributed by atoms with Crippen molar-refractivity contribution in [3.8, 4) is 0 Å². The molecule has 0 fully saturated rings. The van der Waals surface area contributed by atoms with Crippen molar-refractivity contribution in [2.45, 2.75) is 32.7 Å². The standard InChI is InChI=1S/C18H18FNO/c1-12-3-6-14(7-4-12)18(21)20-13(2)5-8-15-11-16(19)9-10-17(15)20/h3-4,6-7,9-11,13H,5,8H2,1-2H3/t13-/m1/s1. The number of aryl methyl sites for hydroxylation is 2. The van der Waals surface area contributed by atoms with Gasteiger partial charge >= 0.3 is 0 Å². The van der Waals surface area contributed by atoms with E-state index in [0.29, 0.717) is 5.56 Å². The summed E-state index contributed by atoms with van der Waals surface area (Å²) in [6.07, 6.45) is 1.67. The van der Waals surface area contributed by atoms with Crippen LogP contribution in [-0.2, 0) is 6.42 Å². The van der Waals surface area contributed by atoms with Crippen molar-refractivity contribution in [1.82, 2.24) is 0 Å². The third-order valence-corrected chi connectivity index (χ3v) is 4.09. The van der Waals surface area contributed by atoms with Crippen LogP contribution in [0.4, 0.5) is 10.1 Å². The number of hydrogen-bond donors (Lipinski definition) is 0. The van der Waals surface area contributed by atoms with Crippen molar-refractivity contribution in [2.24, 2.45) is 0 Å². The first kappa shape index (κ1) is 13.8. The lowest BCUT2D eigenvalue weighted by molar-refractivity contribution is 0.0975. The van der Waals surface area contributed by atoms with Gasteiger partial charge in [-0.3, -0.25) is 4.79 Å². The van der Waals surface area contributed by atoms with Crippen molar-refractivity contribution in [3.63, 3.8) is 0 Å². The first-order chi connectivity index (χ1) is 10.1. The summed E-state index contributed by atoms with van der Waals surface area (Å²) in [6.45, 7) is 4.04. The van der Waals surface area contributed by atoms with Crippen molar-refractivity contribution >= 4 is 11.6 Å². The summed E-state index contributed by atoms with van der Waals surface area (Å²) in [4.78, 5) is 14.6. The Morgan fingerprint density at radius 1 is 1.19 bits per heavy atom. The van der Waals surface area contributed by atoms with Crippen LogP contribution in [0.5, 0.6) is 0 Å². The zero-order valence-corrected chi connectivity index (χ0v) is 12.3. The molecule has 3 heteroatoms. The van der Waals surface area contributed by atoms with Crippen LogP contribution in [0.2, 0.25) is 0 Å². The molecule has 1 heterocycles. The second-order valence-corrected chi connectivity index (χ2v) is 5.70. The van der Waals surface area contributed by atoms with Gasteiger partial charge in [0.15, 0.2) is 0 Å². The van der Waals surface area contributed by atoms with E-state index in [4.69, 9.17) is 0 Å². The van der Waals surface area contributed by atoms with Crippen LogP contribution in [0.1, 0.15) is 34.8 Å². The molecule has 2 nitrogen and oxygen atoms in total. The number of carbonyl (C=O) groups excluding carboxylic acids is 1. The summed E-state index contributed by atoms with van der Waals surface area (Å²) in [5.41, 5.74) is 3.54. The summed E-state index contributed by atoms with van der Waals surface area (Å²) < 4.78 is 13.4. The first-order valence-electron chi connectivity index (χ1n) is 7.25. The van der Waals surface area contributed by atoms with Crippen LogP contribution in [0.3, 0.4) is 0 Å². The molecule has 0 bridgehead atoms. The van der Waals surface area contributed by atoms with E-state index in [1.807, 2.05) is 38.1 Å². The molecule has 0 aromatic heterocycles. The minimum atomic E-state index is -0.244. The fourth-order valence-corrected chi connectivity index (χ4v) is 2.87. The van der Waals surface area contributed by atoms with E-state index in [0.717, 1.165) is 29.7 Å². The number of hydrogen-bond acceptors (Lipinski definition) is 1. The SMILES string of the molecule is Cc1ccc(C(=O)N2c3ccc(F)cc3CC[C@H]2C)cc1. The summed E-state index contributed by atoms with van der Waals surface area (Å²) in [5.74, 6) is -0.263. The Kier molecular flexibility index (Phi) is 3.50. The Bertz CT molecular complexity index is 678. The summed E-state index contributed by atoms with van der Waals surface area (Å²) in [5, 5.41) is 0. The third kappa shape index (κ3) is 2.56. The van der Waals surface area contributed by atoms with E-state index >= 15 is 0 Å². The summed E-state index contributed by atoms with van der Waals surface area (Å²) in [7, 11) is 0. The predicted molar refractivity (Wildman–Crippen MR) is 82.2 cm³/mol. The molecule has 0 N–H and O–H groups in total. The number of halogens is 1. The number of carbonyl (C=O) groups is 1. The smallest absolute Gasteiger partial charge is 0.258 e. The van der Waals surface area contributed by atoms with Crippen LogP contribution in [0.15, 0.2) is 42.5 Å². The monoisotopic (exact) mass is 283 g/mol. The van der Waals surface area contributed by atoms with Gasteiger partial charge < -0.3 is 4.90 Å². The van der Waals surface area contributed by atoms with E-state index in [9.17, 15) is 9.18 Å². The van der Waals surface area contributed by atoms with Crippen LogP contribution < -0.4 is 4.90 Å². The molecular weight excluding hydrogens is 265 g/mol. The van der Waals surface area contributed by atoms with Gasteiger partial charge in [0.25, 0.3) is 5.91 Å². The van der Waals surface area contributed by atoms with Gasteiger partial charge in [-0.25, -0.2) is 4.39 Å². The lowest BCUT2D eigenvalue weighted by atomic mass is 9.95. The highest BCUT2D eigenvalue weighted by Crippen LogP contribution is 2.32. The normalized spacial score (nSPS) is 17.5. The number of anilines is 1. The Balaban J connectivity index is 2.01. The minimum Gasteiger partial charge on any atom is -0.305 e. The van der Waals surface area contributed by atoms with Crippen LogP contribution in [-0.4, -0.2) is 11.9 Å². The fraction of sp³-hybridized carbons (Fsp3) is 0.278. The topological polar surface area (TPSA) is 20.3 Å². The van der Waals surface area contributed by atoms with E-state index in [-0.39, 0.29) is 17.8 Å². The van der Waals surface area contributed by atoms with E-state index in [2.05, 4.69) is 0 Å². The van der Waals surface area contributed by atoms with Crippen LogP contribution in [0.25, 0.3) is 0 Å². The lowest BCUT2D eigenvalue weighted by Gasteiger charge is -2.35. The number of benzene rings is 2. The quantitative estimate of drug-likeness (QED) is 0.771.